The van der Waals surface area contributed by atoms with E-state index in [0.717, 1.165) is 35.3 Å². The van der Waals surface area contributed by atoms with Gasteiger partial charge in [-0.25, -0.2) is 4.98 Å². The number of aromatic nitrogens is 1. The standard InChI is InChI=1S/C19H25N3OS/c1-11-5-6-12-14(20)15(24-16(12)21-11)17(23)22-8-7-19(4)9-13(22)18(2,3)10-19/h5-6,13H,7-10,20H2,1-4H3. The van der Waals surface area contributed by atoms with Gasteiger partial charge < -0.3 is 10.6 Å². The lowest BCUT2D eigenvalue weighted by molar-refractivity contribution is 0.0480. The molecule has 2 bridgehead atoms. The lowest BCUT2D eigenvalue weighted by atomic mass is 9.81. The largest absolute Gasteiger partial charge is 0.397 e. The highest BCUT2D eigenvalue weighted by Crippen LogP contribution is 2.56. The summed E-state index contributed by atoms with van der Waals surface area (Å²) >= 11 is 1.44. The maximum atomic E-state index is 13.3. The number of piperidine rings is 1. The molecule has 1 aliphatic heterocycles. The zero-order chi connectivity index (χ0) is 17.3. The third-order valence-corrected chi connectivity index (χ3v) is 7.09. The Bertz CT molecular complexity index is 840. The van der Waals surface area contributed by atoms with Crippen LogP contribution in [0, 0.1) is 17.8 Å². The molecule has 2 atom stereocenters. The van der Waals surface area contributed by atoms with Crippen molar-refractivity contribution in [2.24, 2.45) is 10.8 Å². The van der Waals surface area contributed by atoms with Crippen molar-refractivity contribution in [3.05, 3.63) is 22.7 Å². The molecule has 4 rings (SSSR count). The number of hydrogen-bond donors (Lipinski definition) is 1. The van der Waals surface area contributed by atoms with Crippen molar-refractivity contribution in [3.63, 3.8) is 0 Å². The summed E-state index contributed by atoms with van der Waals surface area (Å²) in [6.07, 6.45) is 3.38. The SMILES string of the molecule is Cc1ccc2c(N)c(C(=O)N3CCC4(C)CC3C(C)(C)C4)sc2n1. The molecule has 1 aliphatic carbocycles. The number of nitrogen functional groups attached to an aromatic ring is 1. The minimum absolute atomic E-state index is 0.0928. The van der Waals surface area contributed by atoms with E-state index in [-0.39, 0.29) is 11.3 Å². The first-order valence-corrected chi connectivity index (χ1v) is 9.48. The third-order valence-electron chi connectivity index (χ3n) is 5.99. The lowest BCUT2D eigenvalue weighted by Gasteiger charge is -2.40. The molecule has 128 valence electrons. The van der Waals surface area contributed by atoms with Gasteiger partial charge in [-0.05, 0) is 49.1 Å². The van der Waals surface area contributed by atoms with Gasteiger partial charge >= 0.3 is 0 Å². The number of likely N-dealkylation sites (tertiary alicyclic amines) is 1. The van der Waals surface area contributed by atoms with Crippen molar-refractivity contribution in [1.29, 1.82) is 0 Å². The quantitative estimate of drug-likeness (QED) is 0.843. The fraction of sp³-hybridized carbons (Fsp3) is 0.579. The molecular weight excluding hydrogens is 318 g/mol. The molecule has 2 fully saturated rings. The Labute approximate surface area is 147 Å². The Morgan fingerprint density at radius 3 is 2.88 bits per heavy atom. The highest BCUT2D eigenvalue weighted by molar-refractivity contribution is 7.21. The molecule has 2 aliphatic rings. The number of aryl methyl sites for hydroxylation is 1. The third kappa shape index (κ3) is 2.25. The molecule has 2 aromatic rings. The van der Waals surface area contributed by atoms with E-state index in [1.165, 1.54) is 17.8 Å². The van der Waals surface area contributed by atoms with E-state index >= 15 is 0 Å². The van der Waals surface area contributed by atoms with Gasteiger partial charge in [0.05, 0.1) is 5.69 Å². The van der Waals surface area contributed by atoms with Crippen LogP contribution in [0.4, 0.5) is 5.69 Å². The summed E-state index contributed by atoms with van der Waals surface area (Å²) in [5.41, 5.74) is 8.41. The maximum Gasteiger partial charge on any atom is 0.266 e. The number of amides is 1. The van der Waals surface area contributed by atoms with Crippen LogP contribution < -0.4 is 5.73 Å². The van der Waals surface area contributed by atoms with Crippen LogP contribution in [0.15, 0.2) is 12.1 Å². The number of fused-ring (bicyclic) bond motifs is 3. The first-order chi connectivity index (χ1) is 11.2. The van der Waals surface area contributed by atoms with Gasteiger partial charge in [-0.3, -0.25) is 4.79 Å². The van der Waals surface area contributed by atoms with Gasteiger partial charge in [-0.15, -0.1) is 11.3 Å². The van der Waals surface area contributed by atoms with Crippen LogP contribution in [0.5, 0.6) is 0 Å². The number of carbonyl (C=O) groups is 1. The molecule has 2 N–H and O–H groups in total. The highest BCUT2D eigenvalue weighted by atomic mass is 32.1. The minimum atomic E-state index is 0.0928. The maximum absolute atomic E-state index is 13.3. The highest BCUT2D eigenvalue weighted by Gasteiger charge is 2.53. The Balaban J connectivity index is 1.73. The molecular formula is C19H25N3OS. The van der Waals surface area contributed by atoms with E-state index < -0.39 is 0 Å². The number of carbonyl (C=O) groups excluding carboxylic acids is 1. The van der Waals surface area contributed by atoms with Crippen LogP contribution in [-0.4, -0.2) is 28.4 Å². The van der Waals surface area contributed by atoms with Crippen LogP contribution >= 0.6 is 11.3 Å². The monoisotopic (exact) mass is 343 g/mol. The van der Waals surface area contributed by atoms with Crippen molar-refractivity contribution in [1.82, 2.24) is 9.88 Å². The fourth-order valence-corrected chi connectivity index (χ4v) is 6.02. The summed E-state index contributed by atoms with van der Waals surface area (Å²) in [5, 5.41) is 0.904. The van der Waals surface area contributed by atoms with E-state index in [2.05, 4.69) is 30.7 Å². The first-order valence-electron chi connectivity index (χ1n) is 8.67. The molecule has 1 saturated carbocycles. The van der Waals surface area contributed by atoms with Crippen LogP contribution in [0.1, 0.15) is 55.4 Å². The van der Waals surface area contributed by atoms with Crippen molar-refractivity contribution >= 4 is 33.1 Å². The number of nitrogens with two attached hydrogens (primary N) is 1. The summed E-state index contributed by atoms with van der Waals surface area (Å²) in [7, 11) is 0. The summed E-state index contributed by atoms with van der Waals surface area (Å²) in [6.45, 7) is 9.77. The molecule has 0 aromatic carbocycles. The summed E-state index contributed by atoms with van der Waals surface area (Å²) in [5.74, 6) is 0.0928. The van der Waals surface area contributed by atoms with Crippen molar-refractivity contribution in [3.8, 4) is 0 Å². The zero-order valence-corrected chi connectivity index (χ0v) is 15.7. The van der Waals surface area contributed by atoms with E-state index in [4.69, 9.17) is 5.73 Å². The van der Waals surface area contributed by atoms with E-state index in [1.54, 1.807) is 0 Å². The topological polar surface area (TPSA) is 59.2 Å². The van der Waals surface area contributed by atoms with E-state index in [1.807, 2.05) is 19.1 Å². The molecule has 2 aromatic heterocycles. The molecule has 5 heteroatoms. The van der Waals surface area contributed by atoms with Gasteiger partial charge in [0.1, 0.15) is 9.71 Å². The van der Waals surface area contributed by atoms with Gasteiger partial charge in [0.2, 0.25) is 0 Å². The summed E-state index contributed by atoms with van der Waals surface area (Å²) in [4.78, 5) is 21.4. The molecule has 3 heterocycles. The molecule has 0 radical (unpaired) electrons. The molecule has 1 amide bonds. The van der Waals surface area contributed by atoms with Gasteiger partial charge in [0, 0.05) is 23.7 Å². The number of thiophene rings is 1. The van der Waals surface area contributed by atoms with Gasteiger partial charge in [0.25, 0.3) is 5.91 Å². The predicted molar refractivity (Wildman–Crippen MR) is 99.3 cm³/mol. The molecule has 2 unspecified atom stereocenters. The second-order valence-electron chi connectivity index (χ2n) is 8.59. The van der Waals surface area contributed by atoms with Crippen molar-refractivity contribution in [2.45, 2.75) is 53.0 Å². The van der Waals surface area contributed by atoms with Gasteiger partial charge in [0.15, 0.2) is 0 Å². The average molecular weight is 343 g/mol. The predicted octanol–water partition coefficient (Wildman–Crippen LogP) is 4.23. The lowest BCUT2D eigenvalue weighted by Crippen LogP contribution is -2.48. The molecule has 1 saturated heterocycles. The Morgan fingerprint density at radius 2 is 2.12 bits per heavy atom. The molecule has 0 spiro atoms. The Hall–Kier alpha value is -1.62. The average Bonchev–Trinajstić information content (AvgIpc) is 2.90. The van der Waals surface area contributed by atoms with Crippen molar-refractivity contribution < 1.29 is 4.79 Å². The smallest absolute Gasteiger partial charge is 0.266 e. The van der Waals surface area contributed by atoms with Crippen LogP contribution in [0.25, 0.3) is 10.2 Å². The first kappa shape index (κ1) is 15.9. The Morgan fingerprint density at radius 1 is 1.38 bits per heavy atom. The van der Waals surface area contributed by atoms with Crippen LogP contribution in [0.2, 0.25) is 0 Å². The molecule has 4 nitrogen and oxygen atoms in total. The molecule has 24 heavy (non-hydrogen) atoms. The van der Waals surface area contributed by atoms with E-state index in [9.17, 15) is 4.79 Å². The Kier molecular flexibility index (Phi) is 3.27. The number of anilines is 1. The fourth-order valence-electron chi connectivity index (χ4n) is 4.92. The van der Waals surface area contributed by atoms with Gasteiger partial charge in [-0.2, -0.15) is 0 Å². The minimum Gasteiger partial charge on any atom is -0.397 e. The van der Waals surface area contributed by atoms with E-state index in [0.29, 0.717) is 22.0 Å². The second-order valence-corrected chi connectivity index (χ2v) is 9.59. The van der Waals surface area contributed by atoms with Crippen molar-refractivity contribution in [2.75, 3.05) is 12.3 Å². The zero-order valence-electron chi connectivity index (χ0n) is 14.8. The summed E-state index contributed by atoms with van der Waals surface area (Å²) in [6, 6.07) is 4.24. The number of pyridine rings is 1. The number of nitrogens with zero attached hydrogens (tertiary/aromatic N) is 2. The summed E-state index contributed by atoms with van der Waals surface area (Å²) < 4.78 is 0. The number of hydrogen-bond acceptors (Lipinski definition) is 4. The van der Waals surface area contributed by atoms with Crippen LogP contribution in [-0.2, 0) is 0 Å². The number of rotatable bonds is 1. The second kappa shape index (κ2) is 4.94. The van der Waals surface area contributed by atoms with Crippen LogP contribution in [0.3, 0.4) is 0 Å². The van der Waals surface area contributed by atoms with Gasteiger partial charge in [-0.1, -0.05) is 20.8 Å². The normalized spacial score (nSPS) is 28.5.